The van der Waals surface area contributed by atoms with Crippen LogP contribution in [0.25, 0.3) is 0 Å². The van der Waals surface area contributed by atoms with Gasteiger partial charge in [0.25, 0.3) is 0 Å². The summed E-state index contributed by atoms with van der Waals surface area (Å²) in [5.41, 5.74) is 3.99. The molecular weight excluding hydrogens is 376 g/mol. The molecule has 0 bridgehead atoms. The summed E-state index contributed by atoms with van der Waals surface area (Å²) in [4.78, 5) is 0. The van der Waals surface area contributed by atoms with Gasteiger partial charge in [0.05, 0.1) is 0 Å². The van der Waals surface area contributed by atoms with Crippen molar-refractivity contribution in [1.29, 1.82) is 0 Å². The Bertz CT molecular complexity index is 598. The topological polar surface area (TPSA) is 0 Å². The normalized spacial score (nSPS) is 8.79. The fourth-order valence-corrected chi connectivity index (χ4v) is 2.31. The van der Waals surface area contributed by atoms with Crippen LogP contribution in [0.3, 0.4) is 0 Å². The second-order valence-corrected chi connectivity index (χ2v) is 7.10. The van der Waals surface area contributed by atoms with E-state index in [1.54, 1.807) is 0 Å². The average Bonchev–Trinajstić information content (AvgIpc) is 2.71. The van der Waals surface area contributed by atoms with E-state index in [-0.39, 0.29) is 17.4 Å². The van der Waals surface area contributed by atoms with Crippen LogP contribution in [-0.4, -0.2) is 0 Å². The summed E-state index contributed by atoms with van der Waals surface area (Å²) >= 11 is 0. The molecule has 0 fully saturated rings. The van der Waals surface area contributed by atoms with E-state index in [1.165, 1.54) is 34.4 Å². The number of hydrogen-bond donors (Lipinski definition) is 0. The van der Waals surface area contributed by atoms with E-state index in [0.29, 0.717) is 0 Å². The van der Waals surface area contributed by atoms with E-state index in [9.17, 15) is 0 Å². The van der Waals surface area contributed by atoms with Crippen molar-refractivity contribution in [2.75, 3.05) is 0 Å². The smallest absolute Gasteiger partial charge is 0.189 e. The molecule has 0 heterocycles. The molecule has 3 rings (SSSR count). The summed E-state index contributed by atoms with van der Waals surface area (Å²) in [7, 11) is 0. The summed E-state index contributed by atoms with van der Waals surface area (Å²) in [5.74, 6) is 4.11. The van der Waals surface area contributed by atoms with Crippen molar-refractivity contribution < 1.29 is 17.4 Å². The third-order valence-electron chi connectivity index (χ3n) is 4.05. The maximum atomic E-state index is 2.12. The van der Waals surface area contributed by atoms with Crippen LogP contribution in [0.4, 0.5) is 0 Å². The number of benzene rings is 3. The molecule has 147 valence electrons. The SMILES string of the molecule is C[C-](C)c1ccccc1.C[C-](C)c1ccccc1.C[C-](C)c1ccccc1.[Cr+3]. The first-order valence-electron chi connectivity index (χ1n) is 9.48. The van der Waals surface area contributed by atoms with Gasteiger partial charge >= 0.3 is 17.4 Å². The third-order valence-corrected chi connectivity index (χ3v) is 4.05. The van der Waals surface area contributed by atoms with Gasteiger partial charge in [0, 0.05) is 0 Å². The van der Waals surface area contributed by atoms with Gasteiger partial charge in [-0.05, 0) is 0 Å². The van der Waals surface area contributed by atoms with Crippen LogP contribution in [-0.2, 0) is 17.4 Å². The Kier molecular flexibility index (Phi) is 13.6. The van der Waals surface area contributed by atoms with Gasteiger partial charge < -0.3 is 0 Å². The van der Waals surface area contributed by atoms with Crippen molar-refractivity contribution in [3.63, 3.8) is 0 Å². The predicted molar refractivity (Wildman–Crippen MR) is 120 cm³/mol. The monoisotopic (exact) mass is 409 g/mol. The van der Waals surface area contributed by atoms with Crippen molar-refractivity contribution in [2.24, 2.45) is 0 Å². The minimum atomic E-state index is 0. The van der Waals surface area contributed by atoms with Crippen LogP contribution < -0.4 is 0 Å². The van der Waals surface area contributed by atoms with Crippen LogP contribution in [0.15, 0.2) is 91.0 Å². The van der Waals surface area contributed by atoms with E-state index in [2.05, 4.69) is 114 Å². The summed E-state index contributed by atoms with van der Waals surface area (Å²) in [5, 5.41) is 0. The molecule has 0 aliphatic heterocycles. The quantitative estimate of drug-likeness (QED) is 0.385. The second-order valence-electron chi connectivity index (χ2n) is 7.10. The Balaban J connectivity index is 0.000000384. The van der Waals surface area contributed by atoms with Crippen molar-refractivity contribution in [3.05, 3.63) is 125 Å². The maximum absolute atomic E-state index is 2.12. The molecule has 3 aromatic rings. The Hall–Kier alpha value is -2.20. The molecular formula is C27H33Cr. The zero-order valence-electron chi connectivity index (χ0n) is 18.1. The molecule has 0 nitrogen and oxygen atoms in total. The van der Waals surface area contributed by atoms with Gasteiger partial charge in [-0.1, -0.05) is 59.7 Å². The number of rotatable bonds is 3. The van der Waals surface area contributed by atoms with Crippen molar-refractivity contribution in [1.82, 2.24) is 0 Å². The zero-order chi connectivity index (χ0) is 20.1. The van der Waals surface area contributed by atoms with Gasteiger partial charge in [-0.25, -0.2) is 0 Å². The molecule has 28 heavy (non-hydrogen) atoms. The molecule has 0 aliphatic carbocycles. The molecule has 3 aromatic carbocycles. The molecule has 0 amide bonds. The van der Waals surface area contributed by atoms with Gasteiger partial charge in [0.15, 0.2) is 0 Å². The summed E-state index contributed by atoms with van der Waals surface area (Å²) < 4.78 is 0. The standard InChI is InChI=1S/3C9H11.Cr/c3*1-8(2)9-6-4-3-5-7-9;/h3*3-7H,1-2H3;/q3*-1;+3. The molecule has 0 saturated heterocycles. The molecule has 0 saturated carbocycles. The first-order chi connectivity index (χ1) is 12.9. The Labute approximate surface area is 184 Å². The molecule has 0 aromatic heterocycles. The van der Waals surface area contributed by atoms with Crippen molar-refractivity contribution >= 4 is 0 Å². The zero-order valence-corrected chi connectivity index (χ0v) is 19.3. The van der Waals surface area contributed by atoms with Gasteiger partial charge in [-0.2, -0.15) is 70.8 Å². The first kappa shape index (κ1) is 25.8. The van der Waals surface area contributed by atoms with Gasteiger partial charge in [-0.15, -0.1) is 36.4 Å². The van der Waals surface area contributed by atoms with Gasteiger partial charge in [0.2, 0.25) is 0 Å². The largest absolute Gasteiger partial charge is 3.00 e. The second kappa shape index (κ2) is 14.8. The van der Waals surface area contributed by atoms with Crippen LogP contribution in [0, 0.1) is 17.8 Å². The predicted octanol–water partition coefficient (Wildman–Crippen LogP) is 7.94. The summed E-state index contributed by atoms with van der Waals surface area (Å²) in [6.07, 6.45) is 0. The van der Waals surface area contributed by atoms with Crippen LogP contribution in [0.1, 0.15) is 58.2 Å². The van der Waals surface area contributed by atoms with E-state index in [0.717, 1.165) is 0 Å². The van der Waals surface area contributed by atoms with Crippen LogP contribution in [0.2, 0.25) is 0 Å². The van der Waals surface area contributed by atoms with Crippen LogP contribution in [0.5, 0.6) is 0 Å². The maximum Gasteiger partial charge on any atom is 3.00 e. The fourth-order valence-electron chi connectivity index (χ4n) is 2.31. The third kappa shape index (κ3) is 10.8. The Morgan fingerprint density at radius 2 is 0.536 bits per heavy atom. The van der Waals surface area contributed by atoms with Gasteiger partial charge in [-0.3, -0.25) is 0 Å². The van der Waals surface area contributed by atoms with E-state index in [4.69, 9.17) is 0 Å². The summed E-state index contributed by atoms with van der Waals surface area (Å²) in [6.45, 7) is 12.7. The van der Waals surface area contributed by atoms with Crippen molar-refractivity contribution in [3.8, 4) is 0 Å². The van der Waals surface area contributed by atoms with Crippen molar-refractivity contribution in [2.45, 2.75) is 41.5 Å². The van der Waals surface area contributed by atoms with E-state index >= 15 is 0 Å². The fraction of sp³-hybridized carbons (Fsp3) is 0.222. The molecule has 1 radical (unpaired) electrons. The molecule has 1 heteroatoms. The molecule has 0 N–H and O–H groups in total. The minimum Gasteiger partial charge on any atom is -0.189 e. The van der Waals surface area contributed by atoms with E-state index in [1.807, 2.05) is 18.2 Å². The molecule has 0 atom stereocenters. The first-order valence-corrected chi connectivity index (χ1v) is 9.48. The summed E-state index contributed by atoms with van der Waals surface area (Å²) in [6, 6.07) is 31.2. The van der Waals surface area contributed by atoms with Crippen LogP contribution >= 0.6 is 0 Å². The Morgan fingerprint density at radius 3 is 0.643 bits per heavy atom. The molecule has 0 unspecified atom stereocenters. The average molecular weight is 410 g/mol. The number of hydrogen-bond acceptors (Lipinski definition) is 0. The molecule has 0 spiro atoms. The van der Waals surface area contributed by atoms with Gasteiger partial charge in [0.1, 0.15) is 0 Å². The minimum absolute atomic E-state index is 0. The Morgan fingerprint density at radius 1 is 0.357 bits per heavy atom. The molecule has 0 aliphatic rings. The van der Waals surface area contributed by atoms with E-state index < -0.39 is 0 Å².